The Morgan fingerprint density at radius 2 is 1.95 bits per heavy atom. The van der Waals surface area contributed by atoms with Crippen LogP contribution in [0.1, 0.15) is 26.2 Å². The van der Waals surface area contributed by atoms with Crippen molar-refractivity contribution in [2.45, 2.75) is 32.2 Å². The molecule has 1 unspecified atom stereocenters. The summed E-state index contributed by atoms with van der Waals surface area (Å²) in [6.07, 6.45) is 3.37. The molecule has 0 saturated carbocycles. The van der Waals surface area contributed by atoms with Crippen LogP contribution in [0.15, 0.2) is 0 Å². The molecule has 19 heavy (non-hydrogen) atoms. The normalized spacial score (nSPS) is 17.1. The van der Waals surface area contributed by atoms with Crippen molar-refractivity contribution in [2.24, 2.45) is 0 Å². The van der Waals surface area contributed by atoms with Gasteiger partial charge in [-0.05, 0) is 26.2 Å². The predicted octanol–water partition coefficient (Wildman–Crippen LogP) is -0.260. The van der Waals surface area contributed by atoms with Crippen LogP contribution in [0.3, 0.4) is 0 Å². The first-order chi connectivity index (χ1) is 9.15. The summed E-state index contributed by atoms with van der Waals surface area (Å²) in [4.78, 5) is 25.4. The van der Waals surface area contributed by atoms with Crippen molar-refractivity contribution in [3.05, 3.63) is 0 Å². The lowest BCUT2D eigenvalue weighted by atomic mass is 10.1. The topological polar surface area (TPSA) is 70.7 Å². The number of carbonyl (C=O) groups is 2. The van der Waals surface area contributed by atoms with E-state index >= 15 is 0 Å². The second-order valence-corrected chi connectivity index (χ2v) is 4.83. The molecule has 0 radical (unpaired) electrons. The van der Waals surface area contributed by atoms with Crippen LogP contribution in [0.5, 0.6) is 0 Å². The molecule has 1 heterocycles. The van der Waals surface area contributed by atoms with Crippen molar-refractivity contribution in [1.29, 1.82) is 0 Å². The molecule has 0 aromatic carbocycles. The monoisotopic (exact) mass is 271 g/mol. The summed E-state index contributed by atoms with van der Waals surface area (Å²) < 4.78 is 4.85. The van der Waals surface area contributed by atoms with Gasteiger partial charge in [0.2, 0.25) is 11.8 Å². The van der Waals surface area contributed by atoms with Crippen LogP contribution in [-0.2, 0) is 14.3 Å². The maximum atomic E-state index is 11.9. The second kappa shape index (κ2) is 8.87. The van der Waals surface area contributed by atoms with Crippen LogP contribution in [0.25, 0.3) is 0 Å². The molecule has 1 atom stereocenters. The fourth-order valence-electron chi connectivity index (χ4n) is 2.02. The maximum Gasteiger partial charge on any atom is 0.236 e. The average molecular weight is 271 g/mol. The van der Waals surface area contributed by atoms with Crippen molar-refractivity contribution >= 4 is 11.8 Å². The van der Waals surface area contributed by atoms with Crippen LogP contribution in [0.4, 0.5) is 0 Å². The number of hydrogen-bond donors (Lipinski definition) is 2. The first-order valence-electron chi connectivity index (χ1n) is 6.93. The van der Waals surface area contributed by atoms with Crippen molar-refractivity contribution in [3.63, 3.8) is 0 Å². The van der Waals surface area contributed by atoms with Gasteiger partial charge in [0.1, 0.15) is 0 Å². The van der Waals surface area contributed by atoms with Gasteiger partial charge < -0.3 is 15.0 Å². The van der Waals surface area contributed by atoms with Crippen LogP contribution >= 0.6 is 0 Å². The summed E-state index contributed by atoms with van der Waals surface area (Å²) in [7, 11) is 1.59. The Hall–Kier alpha value is -1.14. The summed E-state index contributed by atoms with van der Waals surface area (Å²) in [6.45, 7) is 4.64. The first kappa shape index (κ1) is 15.9. The summed E-state index contributed by atoms with van der Waals surface area (Å²) in [5.41, 5.74) is 0. The zero-order valence-corrected chi connectivity index (χ0v) is 11.9. The van der Waals surface area contributed by atoms with Gasteiger partial charge >= 0.3 is 0 Å². The predicted molar refractivity (Wildman–Crippen MR) is 72.8 cm³/mol. The Bertz CT molecular complexity index is 291. The van der Waals surface area contributed by atoms with Gasteiger partial charge in [-0.25, -0.2) is 0 Å². The molecule has 0 bridgehead atoms. The minimum atomic E-state index is -0.370. The summed E-state index contributed by atoms with van der Waals surface area (Å²) in [5.74, 6) is -0.0280. The number of carbonyl (C=O) groups excluding carboxylic acids is 2. The van der Waals surface area contributed by atoms with Gasteiger partial charge in [0.15, 0.2) is 0 Å². The number of piperidine rings is 1. The quantitative estimate of drug-likeness (QED) is 0.626. The Balaban J connectivity index is 2.19. The SMILES string of the molecule is COCCNC(=O)C(C)NCC(=O)N1CCCCC1. The van der Waals surface area contributed by atoms with E-state index < -0.39 is 0 Å². The molecule has 1 rings (SSSR count). The number of nitrogens with zero attached hydrogens (tertiary/aromatic N) is 1. The number of nitrogens with one attached hydrogen (secondary N) is 2. The van der Waals surface area contributed by atoms with E-state index in [0.29, 0.717) is 13.2 Å². The third kappa shape index (κ3) is 6.02. The van der Waals surface area contributed by atoms with E-state index in [-0.39, 0.29) is 24.4 Å². The fourth-order valence-corrected chi connectivity index (χ4v) is 2.02. The molecule has 1 aliphatic heterocycles. The highest BCUT2D eigenvalue weighted by Crippen LogP contribution is 2.08. The lowest BCUT2D eigenvalue weighted by molar-refractivity contribution is -0.131. The van der Waals surface area contributed by atoms with Crippen LogP contribution in [-0.4, -0.2) is 62.7 Å². The zero-order chi connectivity index (χ0) is 14.1. The molecule has 1 aliphatic rings. The molecule has 0 aliphatic carbocycles. The molecule has 2 amide bonds. The highest BCUT2D eigenvalue weighted by molar-refractivity contribution is 5.83. The van der Waals surface area contributed by atoms with E-state index in [1.807, 2.05) is 4.90 Å². The van der Waals surface area contributed by atoms with E-state index in [1.165, 1.54) is 6.42 Å². The summed E-state index contributed by atoms with van der Waals surface area (Å²) in [6, 6.07) is -0.370. The Labute approximate surface area is 114 Å². The molecule has 6 nitrogen and oxygen atoms in total. The average Bonchev–Trinajstić information content (AvgIpc) is 2.45. The molecule has 0 spiro atoms. The van der Waals surface area contributed by atoms with Crippen LogP contribution in [0, 0.1) is 0 Å². The molecule has 110 valence electrons. The van der Waals surface area contributed by atoms with Crippen LogP contribution < -0.4 is 10.6 Å². The summed E-state index contributed by atoms with van der Waals surface area (Å²) >= 11 is 0. The molecule has 6 heteroatoms. The van der Waals surface area contributed by atoms with Gasteiger partial charge in [-0.2, -0.15) is 0 Å². The molecule has 1 saturated heterocycles. The molecular formula is C13H25N3O3. The summed E-state index contributed by atoms with van der Waals surface area (Å²) in [5, 5.41) is 5.70. The van der Waals surface area contributed by atoms with Gasteiger partial charge in [0.05, 0.1) is 19.2 Å². The van der Waals surface area contributed by atoms with E-state index in [0.717, 1.165) is 25.9 Å². The van der Waals surface area contributed by atoms with Crippen molar-refractivity contribution in [1.82, 2.24) is 15.5 Å². The Kier molecular flexibility index (Phi) is 7.43. The van der Waals surface area contributed by atoms with E-state index in [1.54, 1.807) is 14.0 Å². The number of amides is 2. The number of ether oxygens (including phenoxy) is 1. The number of hydrogen-bond acceptors (Lipinski definition) is 4. The largest absolute Gasteiger partial charge is 0.383 e. The van der Waals surface area contributed by atoms with Gasteiger partial charge in [0.25, 0.3) is 0 Å². The molecule has 0 aromatic rings. The molecule has 0 aromatic heterocycles. The highest BCUT2D eigenvalue weighted by Gasteiger charge is 2.18. The van der Waals surface area contributed by atoms with Crippen molar-refractivity contribution in [3.8, 4) is 0 Å². The standard InChI is InChI=1S/C13H25N3O3/c1-11(13(18)14-6-9-19-2)15-10-12(17)16-7-4-3-5-8-16/h11,15H,3-10H2,1-2H3,(H,14,18). The van der Waals surface area contributed by atoms with Gasteiger partial charge in [-0.1, -0.05) is 0 Å². The van der Waals surface area contributed by atoms with E-state index in [9.17, 15) is 9.59 Å². The molecular weight excluding hydrogens is 246 g/mol. The lowest BCUT2D eigenvalue weighted by Crippen LogP contribution is -2.48. The second-order valence-electron chi connectivity index (χ2n) is 4.83. The molecule has 2 N–H and O–H groups in total. The number of likely N-dealkylation sites (tertiary alicyclic amines) is 1. The smallest absolute Gasteiger partial charge is 0.236 e. The zero-order valence-electron chi connectivity index (χ0n) is 11.9. The van der Waals surface area contributed by atoms with Crippen molar-refractivity contribution < 1.29 is 14.3 Å². The third-order valence-electron chi connectivity index (χ3n) is 3.27. The molecule has 1 fully saturated rings. The highest BCUT2D eigenvalue weighted by atomic mass is 16.5. The Morgan fingerprint density at radius 3 is 2.58 bits per heavy atom. The van der Waals surface area contributed by atoms with E-state index in [4.69, 9.17) is 4.74 Å². The van der Waals surface area contributed by atoms with Gasteiger partial charge in [-0.3, -0.25) is 14.9 Å². The third-order valence-corrected chi connectivity index (χ3v) is 3.27. The first-order valence-corrected chi connectivity index (χ1v) is 6.93. The minimum absolute atomic E-state index is 0.0799. The maximum absolute atomic E-state index is 11.9. The minimum Gasteiger partial charge on any atom is -0.383 e. The van der Waals surface area contributed by atoms with Gasteiger partial charge in [-0.15, -0.1) is 0 Å². The number of methoxy groups -OCH3 is 1. The van der Waals surface area contributed by atoms with E-state index in [2.05, 4.69) is 10.6 Å². The lowest BCUT2D eigenvalue weighted by Gasteiger charge is -2.27. The fraction of sp³-hybridized carbons (Fsp3) is 0.846. The van der Waals surface area contributed by atoms with Crippen molar-refractivity contribution in [2.75, 3.05) is 39.9 Å². The Morgan fingerprint density at radius 1 is 1.26 bits per heavy atom. The number of rotatable bonds is 7. The van der Waals surface area contributed by atoms with Crippen LogP contribution in [0.2, 0.25) is 0 Å². The van der Waals surface area contributed by atoms with Gasteiger partial charge in [0, 0.05) is 26.7 Å².